The highest BCUT2D eigenvalue weighted by Gasteiger charge is 2.28. The zero-order valence-electron chi connectivity index (χ0n) is 23.2. The van der Waals surface area contributed by atoms with Crippen molar-refractivity contribution >= 4 is 34.9 Å². The Morgan fingerprint density at radius 2 is 1.74 bits per heavy atom. The third-order valence-electron chi connectivity index (χ3n) is 7.79. The van der Waals surface area contributed by atoms with E-state index in [0.29, 0.717) is 17.3 Å². The molecule has 4 rings (SSSR count). The monoisotopic (exact) mass is 539 g/mol. The Hall–Kier alpha value is -2.61. The van der Waals surface area contributed by atoms with Gasteiger partial charge in [-0.3, -0.25) is 4.79 Å². The van der Waals surface area contributed by atoms with Crippen LogP contribution >= 0.6 is 11.6 Å². The minimum atomic E-state index is -0.0824. The van der Waals surface area contributed by atoms with Crippen LogP contribution in [0.1, 0.15) is 43.4 Å². The van der Waals surface area contributed by atoms with Gasteiger partial charge in [0.25, 0.3) is 0 Å². The van der Waals surface area contributed by atoms with E-state index >= 15 is 0 Å². The topological polar surface area (TPSA) is 67.9 Å². The molecule has 0 aromatic heterocycles. The fraction of sp³-hybridized carbons (Fsp3) is 0.533. The molecule has 38 heavy (non-hydrogen) atoms. The number of aryl methyl sites for hydroxylation is 2. The number of anilines is 2. The van der Waals surface area contributed by atoms with Gasteiger partial charge in [0, 0.05) is 61.1 Å². The van der Waals surface area contributed by atoms with Gasteiger partial charge in [0.15, 0.2) is 0 Å². The van der Waals surface area contributed by atoms with Gasteiger partial charge in [-0.15, -0.1) is 0 Å². The van der Waals surface area contributed by atoms with Gasteiger partial charge in [-0.05, 0) is 87.2 Å². The van der Waals surface area contributed by atoms with Crippen molar-refractivity contribution in [2.45, 2.75) is 52.5 Å². The third-order valence-corrected chi connectivity index (χ3v) is 8.20. The molecule has 1 atom stereocenters. The molecular weight excluding hydrogens is 498 g/mol. The predicted octanol–water partition coefficient (Wildman–Crippen LogP) is 5.27. The lowest BCUT2D eigenvalue weighted by atomic mass is 9.87. The van der Waals surface area contributed by atoms with Crippen LogP contribution < -0.4 is 10.6 Å². The van der Waals surface area contributed by atoms with E-state index in [2.05, 4.69) is 39.6 Å². The fourth-order valence-electron chi connectivity index (χ4n) is 5.22. The molecule has 8 heteroatoms. The molecule has 3 amide bonds. The van der Waals surface area contributed by atoms with Crippen LogP contribution in [0.2, 0.25) is 5.02 Å². The second kappa shape index (κ2) is 13.0. The summed E-state index contributed by atoms with van der Waals surface area (Å²) in [6.45, 7) is 11.8. The lowest BCUT2D eigenvalue weighted by Gasteiger charge is -2.37. The van der Waals surface area contributed by atoms with Crippen LogP contribution in [0.25, 0.3) is 0 Å². The highest BCUT2D eigenvalue weighted by molar-refractivity contribution is 6.31. The normalized spacial score (nSPS) is 18.2. The van der Waals surface area contributed by atoms with Gasteiger partial charge in [0.1, 0.15) is 0 Å². The van der Waals surface area contributed by atoms with Gasteiger partial charge < -0.3 is 25.3 Å². The summed E-state index contributed by atoms with van der Waals surface area (Å²) in [7, 11) is 2.17. The quantitative estimate of drug-likeness (QED) is 0.479. The number of hydrogen-bond donors (Lipinski definition) is 2. The number of fused-ring (bicyclic) bond motifs is 1. The van der Waals surface area contributed by atoms with Crippen LogP contribution in [0.3, 0.4) is 0 Å². The van der Waals surface area contributed by atoms with Crippen molar-refractivity contribution in [2.24, 2.45) is 5.92 Å². The largest absolute Gasteiger partial charge is 0.326 e. The van der Waals surface area contributed by atoms with Gasteiger partial charge in [-0.1, -0.05) is 37.6 Å². The van der Waals surface area contributed by atoms with Crippen LogP contribution in [0, 0.1) is 12.8 Å². The minimum absolute atomic E-state index is 0.0129. The molecule has 1 aliphatic carbocycles. The van der Waals surface area contributed by atoms with Crippen molar-refractivity contribution in [3.8, 4) is 0 Å². The number of amides is 3. The van der Waals surface area contributed by atoms with E-state index in [1.807, 2.05) is 49.9 Å². The maximum atomic E-state index is 13.6. The molecule has 0 spiro atoms. The number of nitrogens with zero attached hydrogens (tertiary/aromatic N) is 3. The lowest BCUT2D eigenvalue weighted by Crippen LogP contribution is -2.48. The zero-order valence-corrected chi connectivity index (χ0v) is 24.0. The number of carbonyl (C=O) groups excluding carboxylic acids is 2. The van der Waals surface area contributed by atoms with Gasteiger partial charge >= 0.3 is 6.03 Å². The molecule has 2 N–H and O–H groups in total. The van der Waals surface area contributed by atoms with Gasteiger partial charge in [0.05, 0.1) is 0 Å². The Kier molecular flexibility index (Phi) is 9.69. The Morgan fingerprint density at radius 1 is 1.03 bits per heavy atom. The molecular formula is C30H42ClN5O2. The highest BCUT2D eigenvalue weighted by atomic mass is 35.5. The first-order valence-corrected chi connectivity index (χ1v) is 14.2. The second-order valence-electron chi connectivity index (χ2n) is 11.1. The van der Waals surface area contributed by atoms with E-state index in [9.17, 15) is 9.59 Å². The summed E-state index contributed by atoms with van der Waals surface area (Å²) in [6.07, 6.45) is 3.54. The van der Waals surface area contributed by atoms with Crippen LogP contribution in [0.4, 0.5) is 16.2 Å². The Bertz CT molecular complexity index is 1130. The van der Waals surface area contributed by atoms with Crippen LogP contribution in [-0.4, -0.2) is 79.0 Å². The van der Waals surface area contributed by atoms with Gasteiger partial charge in [-0.2, -0.15) is 0 Å². The first kappa shape index (κ1) is 28.4. The number of benzene rings is 2. The number of piperazine rings is 1. The minimum Gasteiger partial charge on any atom is -0.326 e. The third kappa shape index (κ3) is 7.49. The van der Waals surface area contributed by atoms with E-state index in [4.69, 9.17) is 11.6 Å². The summed E-state index contributed by atoms with van der Waals surface area (Å²) in [5.41, 5.74) is 5.02. The van der Waals surface area contributed by atoms with E-state index in [1.165, 1.54) is 11.1 Å². The molecule has 0 saturated carbocycles. The summed E-state index contributed by atoms with van der Waals surface area (Å²) in [6, 6.07) is 11.8. The van der Waals surface area contributed by atoms with Crippen LogP contribution in [-0.2, 0) is 17.6 Å². The smallest absolute Gasteiger partial charge is 0.322 e. The average Bonchev–Trinajstić information content (AvgIpc) is 2.89. The Labute approximate surface area is 232 Å². The van der Waals surface area contributed by atoms with Crippen molar-refractivity contribution < 1.29 is 9.59 Å². The number of urea groups is 1. The maximum absolute atomic E-state index is 13.6. The zero-order chi connectivity index (χ0) is 27.2. The number of hydrogen-bond acceptors (Lipinski definition) is 4. The molecule has 1 fully saturated rings. The number of nitrogens with one attached hydrogen (secondary N) is 2. The molecule has 1 saturated heterocycles. The van der Waals surface area contributed by atoms with E-state index < -0.39 is 0 Å². The Morgan fingerprint density at radius 3 is 2.45 bits per heavy atom. The van der Waals surface area contributed by atoms with Gasteiger partial charge in [-0.25, -0.2) is 4.79 Å². The van der Waals surface area contributed by atoms with Crippen molar-refractivity contribution in [1.82, 2.24) is 14.7 Å². The molecule has 206 valence electrons. The number of carbonyl (C=O) groups is 2. The van der Waals surface area contributed by atoms with Crippen molar-refractivity contribution in [3.05, 3.63) is 58.1 Å². The molecule has 1 aliphatic heterocycles. The van der Waals surface area contributed by atoms with Crippen molar-refractivity contribution in [1.29, 1.82) is 0 Å². The highest BCUT2D eigenvalue weighted by Crippen LogP contribution is 2.28. The van der Waals surface area contributed by atoms with E-state index in [0.717, 1.165) is 69.7 Å². The second-order valence-corrected chi connectivity index (χ2v) is 11.5. The average molecular weight is 540 g/mol. The molecule has 0 bridgehead atoms. The van der Waals surface area contributed by atoms with Crippen molar-refractivity contribution in [2.75, 3.05) is 56.9 Å². The summed E-state index contributed by atoms with van der Waals surface area (Å²) in [5, 5.41) is 6.77. The molecule has 0 radical (unpaired) electrons. The van der Waals surface area contributed by atoms with Crippen molar-refractivity contribution in [3.63, 3.8) is 0 Å². The molecule has 2 aliphatic rings. The van der Waals surface area contributed by atoms with Gasteiger partial charge in [0.2, 0.25) is 5.91 Å². The molecule has 2 aromatic carbocycles. The molecule has 2 aromatic rings. The molecule has 1 unspecified atom stereocenters. The molecule has 7 nitrogen and oxygen atoms in total. The predicted molar refractivity (Wildman–Crippen MR) is 156 cm³/mol. The number of halogens is 1. The van der Waals surface area contributed by atoms with Crippen LogP contribution in [0.15, 0.2) is 36.4 Å². The SMILES string of the molecule is Cc1ccc(NC(=O)N(CCCN2CCN(C)CC2)C2CCc3ccc(NC(=O)C(C)C)cc3C2)cc1Cl. The summed E-state index contributed by atoms with van der Waals surface area (Å²) < 4.78 is 0. The maximum Gasteiger partial charge on any atom is 0.322 e. The Balaban J connectivity index is 1.47. The van der Waals surface area contributed by atoms with E-state index in [-0.39, 0.29) is 23.9 Å². The summed E-state index contributed by atoms with van der Waals surface area (Å²) >= 11 is 6.33. The van der Waals surface area contributed by atoms with E-state index in [1.54, 1.807) is 0 Å². The fourth-order valence-corrected chi connectivity index (χ4v) is 5.40. The first-order chi connectivity index (χ1) is 18.2. The number of likely N-dealkylation sites (N-methyl/N-ethyl adjacent to an activating group) is 1. The first-order valence-electron chi connectivity index (χ1n) is 13.9. The lowest BCUT2D eigenvalue weighted by molar-refractivity contribution is -0.118. The summed E-state index contributed by atoms with van der Waals surface area (Å²) in [4.78, 5) is 32.7. The number of rotatable bonds is 8. The van der Waals surface area contributed by atoms with Crippen LogP contribution in [0.5, 0.6) is 0 Å². The summed E-state index contributed by atoms with van der Waals surface area (Å²) in [5.74, 6) is -0.0625. The standard InChI is InChI=1S/C30H42ClN5O2/c1-21(2)29(37)32-25-10-7-23-8-11-27(19-24(23)18-25)36(13-5-12-35-16-14-34(4)15-17-35)30(38)33-26-9-6-22(3)28(31)20-26/h6-7,9-10,18,20-21,27H,5,8,11-17,19H2,1-4H3,(H,32,37)(H,33,38). The molecule has 1 heterocycles.